The van der Waals surface area contributed by atoms with Gasteiger partial charge in [0.25, 0.3) is 5.91 Å². The molecule has 2 amide bonds. The number of rotatable bonds is 6. The van der Waals surface area contributed by atoms with Crippen LogP contribution in [0.5, 0.6) is 0 Å². The number of benzene rings is 1. The van der Waals surface area contributed by atoms with Crippen molar-refractivity contribution >= 4 is 35.2 Å². The summed E-state index contributed by atoms with van der Waals surface area (Å²) < 4.78 is 4.99. The number of hydrogen-bond acceptors (Lipinski definition) is 5. The van der Waals surface area contributed by atoms with Crippen LogP contribution in [0, 0.1) is 0 Å². The van der Waals surface area contributed by atoms with Gasteiger partial charge < -0.3 is 15.4 Å². The summed E-state index contributed by atoms with van der Waals surface area (Å²) in [6.45, 7) is 5.42. The summed E-state index contributed by atoms with van der Waals surface area (Å²) in [4.78, 5) is 36.6. The summed E-state index contributed by atoms with van der Waals surface area (Å²) in [7, 11) is 0. The van der Waals surface area contributed by atoms with Crippen molar-refractivity contribution in [3.05, 3.63) is 24.3 Å². The zero-order valence-corrected chi connectivity index (χ0v) is 14.9. The van der Waals surface area contributed by atoms with Crippen molar-refractivity contribution in [3.63, 3.8) is 0 Å². The molecular formula is C17H22N2O4S. The number of fused-ring (bicyclic) bond motifs is 1. The maximum Gasteiger partial charge on any atom is 0.307 e. The molecule has 1 unspecified atom stereocenters. The fraction of sp³-hybridized carbons (Fsp3) is 0.471. The topological polar surface area (TPSA) is 84.5 Å². The third-order valence-corrected chi connectivity index (χ3v) is 5.06. The first-order chi connectivity index (χ1) is 11.3. The van der Waals surface area contributed by atoms with Crippen molar-refractivity contribution in [1.82, 2.24) is 5.32 Å². The molecule has 1 aromatic rings. The number of carbonyl (C=O) groups is 3. The molecular weight excluding hydrogens is 328 g/mol. The molecule has 0 bridgehead atoms. The van der Waals surface area contributed by atoms with Crippen LogP contribution in [0.25, 0.3) is 0 Å². The molecule has 24 heavy (non-hydrogen) atoms. The number of nitrogens with one attached hydrogen (secondary N) is 2. The van der Waals surface area contributed by atoms with Crippen LogP contribution in [-0.4, -0.2) is 35.2 Å². The van der Waals surface area contributed by atoms with Crippen molar-refractivity contribution in [3.8, 4) is 0 Å². The number of esters is 1. The summed E-state index contributed by atoms with van der Waals surface area (Å²) in [6, 6.07) is 7.41. The van der Waals surface area contributed by atoms with Crippen molar-refractivity contribution < 1.29 is 19.1 Å². The number of hydrogen-bond donors (Lipinski definition) is 2. The highest BCUT2D eigenvalue weighted by Crippen LogP contribution is 2.36. The predicted molar refractivity (Wildman–Crippen MR) is 92.8 cm³/mol. The lowest BCUT2D eigenvalue weighted by molar-refractivity contribution is -0.149. The zero-order chi connectivity index (χ0) is 17.7. The Labute approximate surface area is 145 Å². The molecule has 1 atom stereocenters. The van der Waals surface area contributed by atoms with E-state index in [4.69, 9.17) is 4.74 Å². The Bertz CT molecular complexity index is 645. The van der Waals surface area contributed by atoms with Crippen molar-refractivity contribution in [2.24, 2.45) is 0 Å². The number of thioether (sulfide) groups is 1. The molecule has 1 aliphatic rings. The Kier molecular flexibility index (Phi) is 5.88. The molecule has 0 spiro atoms. The second-order valence-corrected chi connectivity index (χ2v) is 7.49. The van der Waals surface area contributed by atoms with Crippen LogP contribution < -0.4 is 10.6 Å². The molecule has 7 heteroatoms. The van der Waals surface area contributed by atoms with Gasteiger partial charge in [-0.3, -0.25) is 14.4 Å². The predicted octanol–water partition coefficient (Wildman–Crippen LogP) is 2.34. The maximum atomic E-state index is 12.0. The largest absolute Gasteiger partial charge is 0.456 e. The van der Waals surface area contributed by atoms with Crippen molar-refractivity contribution in [2.45, 2.75) is 49.3 Å². The highest BCUT2D eigenvalue weighted by atomic mass is 32.2. The second-order valence-electron chi connectivity index (χ2n) is 6.24. The summed E-state index contributed by atoms with van der Waals surface area (Å²) >= 11 is 1.33. The van der Waals surface area contributed by atoms with E-state index in [0.717, 1.165) is 17.0 Å². The molecule has 1 aliphatic heterocycles. The highest BCUT2D eigenvalue weighted by Gasteiger charge is 2.29. The summed E-state index contributed by atoms with van der Waals surface area (Å²) in [5, 5.41) is 5.00. The molecule has 0 saturated carbocycles. The van der Waals surface area contributed by atoms with Crippen LogP contribution in [0.1, 0.15) is 33.6 Å². The highest BCUT2D eigenvalue weighted by molar-refractivity contribution is 8.01. The number of carbonyl (C=O) groups excluding carboxylic acids is 3. The van der Waals surface area contributed by atoms with E-state index >= 15 is 0 Å². The first-order valence-corrected chi connectivity index (χ1v) is 8.72. The molecule has 2 N–H and O–H groups in total. The smallest absolute Gasteiger partial charge is 0.307 e. The number of para-hydroxylation sites is 1. The first-order valence-electron chi connectivity index (χ1n) is 7.84. The molecule has 130 valence electrons. The van der Waals surface area contributed by atoms with Gasteiger partial charge in [-0.15, -0.1) is 11.8 Å². The Morgan fingerprint density at radius 3 is 2.75 bits per heavy atom. The Hall–Kier alpha value is -2.02. The molecule has 0 fully saturated rings. The Morgan fingerprint density at radius 2 is 2.04 bits per heavy atom. The van der Waals surface area contributed by atoms with E-state index in [-0.39, 0.29) is 30.4 Å². The van der Waals surface area contributed by atoms with Crippen LogP contribution >= 0.6 is 11.8 Å². The zero-order valence-electron chi connectivity index (χ0n) is 14.0. The molecule has 2 rings (SSSR count). The summed E-state index contributed by atoms with van der Waals surface area (Å²) in [5.41, 5.74) is 0.407. The third kappa shape index (κ3) is 4.99. The van der Waals surface area contributed by atoms with E-state index in [1.54, 1.807) is 0 Å². The van der Waals surface area contributed by atoms with Gasteiger partial charge >= 0.3 is 5.97 Å². The lowest BCUT2D eigenvalue weighted by Gasteiger charge is -2.25. The average Bonchev–Trinajstić information content (AvgIpc) is 2.53. The van der Waals surface area contributed by atoms with E-state index in [2.05, 4.69) is 10.6 Å². The van der Waals surface area contributed by atoms with Crippen molar-refractivity contribution in [1.29, 1.82) is 0 Å². The van der Waals surface area contributed by atoms with Gasteiger partial charge in [-0.1, -0.05) is 19.1 Å². The molecule has 6 nitrogen and oxygen atoms in total. The first kappa shape index (κ1) is 18.3. The summed E-state index contributed by atoms with van der Waals surface area (Å²) in [5.74, 6) is -1.14. The maximum absolute atomic E-state index is 12.0. The van der Waals surface area contributed by atoms with Gasteiger partial charge in [0.05, 0.1) is 17.4 Å². The van der Waals surface area contributed by atoms with Crippen LogP contribution in [0.15, 0.2) is 29.2 Å². The molecule has 1 heterocycles. The fourth-order valence-electron chi connectivity index (χ4n) is 2.09. The minimum atomic E-state index is -0.563. The van der Waals surface area contributed by atoms with E-state index in [9.17, 15) is 14.4 Å². The summed E-state index contributed by atoms with van der Waals surface area (Å²) in [6.07, 6.45) is 0.695. The number of amides is 2. The van der Waals surface area contributed by atoms with E-state index < -0.39 is 11.2 Å². The Morgan fingerprint density at radius 1 is 1.33 bits per heavy atom. The van der Waals surface area contributed by atoms with Crippen LogP contribution in [0.2, 0.25) is 0 Å². The van der Waals surface area contributed by atoms with Gasteiger partial charge in [0.2, 0.25) is 5.91 Å². The van der Waals surface area contributed by atoms with Gasteiger partial charge in [0.1, 0.15) is 0 Å². The minimum Gasteiger partial charge on any atom is -0.456 e. The van der Waals surface area contributed by atoms with Gasteiger partial charge in [-0.25, -0.2) is 0 Å². The molecule has 1 aromatic carbocycles. The quantitative estimate of drug-likeness (QED) is 0.769. The van der Waals surface area contributed by atoms with Crippen LogP contribution in [0.4, 0.5) is 5.69 Å². The average molecular weight is 350 g/mol. The van der Waals surface area contributed by atoms with Gasteiger partial charge in [0, 0.05) is 10.4 Å². The minimum absolute atomic E-state index is 0.0741. The van der Waals surface area contributed by atoms with Crippen LogP contribution in [-0.2, 0) is 19.1 Å². The second kappa shape index (κ2) is 7.70. The van der Waals surface area contributed by atoms with Gasteiger partial charge in [-0.2, -0.15) is 0 Å². The molecule has 0 aliphatic carbocycles. The van der Waals surface area contributed by atoms with E-state index in [1.165, 1.54) is 11.8 Å². The fourth-order valence-corrected chi connectivity index (χ4v) is 3.18. The molecule has 0 radical (unpaired) electrons. The number of ether oxygens (including phenoxy) is 1. The standard InChI is InChI=1S/C17H22N2O4S/c1-4-17(2,3)19-14(20)10-23-15(21)9-13-16(22)18-11-7-5-6-8-12(11)24-13/h5-8,13H,4,9-10H2,1-3H3,(H,18,22)(H,19,20). The van der Waals surface area contributed by atoms with Gasteiger partial charge in [-0.05, 0) is 32.4 Å². The third-order valence-electron chi connectivity index (χ3n) is 3.78. The monoisotopic (exact) mass is 350 g/mol. The normalized spacial score (nSPS) is 16.8. The lowest BCUT2D eigenvalue weighted by atomic mass is 10.0. The van der Waals surface area contributed by atoms with Crippen LogP contribution in [0.3, 0.4) is 0 Å². The SMILES string of the molecule is CCC(C)(C)NC(=O)COC(=O)CC1Sc2ccccc2NC1=O. The van der Waals surface area contributed by atoms with Crippen molar-refractivity contribution in [2.75, 3.05) is 11.9 Å². The molecule has 0 saturated heterocycles. The van der Waals surface area contributed by atoms with Gasteiger partial charge in [0.15, 0.2) is 6.61 Å². The number of anilines is 1. The lowest BCUT2D eigenvalue weighted by Crippen LogP contribution is -2.44. The van der Waals surface area contributed by atoms with E-state index in [1.807, 2.05) is 45.0 Å². The Balaban J connectivity index is 1.83. The molecule has 0 aromatic heterocycles. The van der Waals surface area contributed by atoms with E-state index in [0.29, 0.717) is 0 Å².